The Morgan fingerprint density at radius 3 is 3.00 bits per heavy atom. The van der Waals surface area contributed by atoms with Crippen LogP contribution in [-0.2, 0) is 6.54 Å². The van der Waals surface area contributed by atoms with E-state index in [1.54, 1.807) is 12.3 Å². The molecule has 1 unspecified atom stereocenters. The van der Waals surface area contributed by atoms with Gasteiger partial charge in [0, 0.05) is 6.04 Å². The zero-order valence-corrected chi connectivity index (χ0v) is 11.3. The van der Waals surface area contributed by atoms with Crippen molar-refractivity contribution >= 4 is 21.6 Å². The number of nitrogens with one attached hydrogen (secondary N) is 1. The summed E-state index contributed by atoms with van der Waals surface area (Å²) in [5.41, 5.74) is 0.374. The number of allylic oxidation sites excluding steroid dienone is 1. The molecule has 1 rings (SSSR count). The Bertz CT molecular complexity index is 441. The Kier molecular flexibility index (Phi) is 5.37. The highest BCUT2D eigenvalue weighted by molar-refractivity contribution is 9.10. The van der Waals surface area contributed by atoms with Crippen molar-refractivity contribution in [3.63, 3.8) is 0 Å². The topological polar surface area (TPSA) is 67.2 Å². The first-order chi connectivity index (χ1) is 8.13. The van der Waals surface area contributed by atoms with Crippen LogP contribution in [0.3, 0.4) is 0 Å². The molecular weight excluding hydrogens is 286 g/mol. The summed E-state index contributed by atoms with van der Waals surface area (Å²) in [5, 5.41) is 16.2. The fourth-order valence-corrected chi connectivity index (χ4v) is 1.74. The first kappa shape index (κ1) is 13.9. The molecule has 2 N–H and O–H groups in total. The number of halogens is 1. The van der Waals surface area contributed by atoms with E-state index >= 15 is 0 Å². The second kappa shape index (κ2) is 6.56. The van der Waals surface area contributed by atoms with E-state index in [1.807, 2.05) is 6.92 Å². The first-order valence-corrected chi connectivity index (χ1v) is 6.17. The molecule has 0 aliphatic carbocycles. The number of aliphatic hydroxyl groups is 1. The minimum atomic E-state index is -0.220. The molecule has 0 amide bonds. The van der Waals surface area contributed by atoms with Gasteiger partial charge < -0.3 is 10.4 Å². The molecule has 94 valence electrons. The predicted molar refractivity (Wildman–Crippen MR) is 71.2 cm³/mol. The highest BCUT2D eigenvalue weighted by atomic mass is 79.9. The first-order valence-electron chi connectivity index (χ1n) is 5.37. The molecular formula is C11H16BrN3O2. The molecule has 1 atom stereocenters. The van der Waals surface area contributed by atoms with Crippen molar-refractivity contribution in [2.75, 3.05) is 11.9 Å². The summed E-state index contributed by atoms with van der Waals surface area (Å²) in [5.74, 6) is 0. The van der Waals surface area contributed by atoms with Gasteiger partial charge in [0.05, 0.1) is 25.0 Å². The molecule has 0 bridgehead atoms. The quantitative estimate of drug-likeness (QED) is 0.779. The minimum Gasteiger partial charge on any atom is -0.394 e. The van der Waals surface area contributed by atoms with E-state index in [9.17, 15) is 4.79 Å². The molecule has 17 heavy (non-hydrogen) atoms. The summed E-state index contributed by atoms with van der Waals surface area (Å²) < 4.78 is 1.73. The molecule has 0 aliphatic heterocycles. The lowest BCUT2D eigenvalue weighted by molar-refractivity contribution is 0.271. The van der Waals surface area contributed by atoms with Gasteiger partial charge in [-0.2, -0.15) is 5.10 Å². The largest absolute Gasteiger partial charge is 0.394 e. The van der Waals surface area contributed by atoms with Crippen LogP contribution < -0.4 is 10.9 Å². The van der Waals surface area contributed by atoms with Gasteiger partial charge in [-0.25, -0.2) is 4.68 Å². The van der Waals surface area contributed by atoms with Gasteiger partial charge in [0.2, 0.25) is 0 Å². The molecule has 1 heterocycles. The maximum Gasteiger partial charge on any atom is 0.283 e. The summed E-state index contributed by atoms with van der Waals surface area (Å²) in [6.45, 7) is 5.90. The fraction of sp³-hybridized carbons (Fsp3) is 0.455. The van der Waals surface area contributed by atoms with Crippen molar-refractivity contribution in [3.05, 3.63) is 33.7 Å². The van der Waals surface area contributed by atoms with Crippen LogP contribution in [0.5, 0.6) is 0 Å². The Hall–Kier alpha value is -1.14. The van der Waals surface area contributed by atoms with Gasteiger partial charge >= 0.3 is 0 Å². The van der Waals surface area contributed by atoms with Crippen LogP contribution in [0.15, 0.2) is 28.1 Å². The third-order valence-electron chi connectivity index (χ3n) is 2.36. The number of rotatable bonds is 6. The SMILES string of the molecule is C=CCn1ncc(NC(CC)CO)c(Br)c1=O. The molecule has 5 nitrogen and oxygen atoms in total. The standard InChI is InChI=1S/C11H16BrN3O2/c1-3-5-15-11(17)10(12)9(6-13-15)14-8(4-2)7-16/h3,6,8,14,16H,1,4-5,7H2,2H3. The molecule has 0 aromatic carbocycles. The fourth-order valence-electron chi connectivity index (χ4n) is 1.31. The van der Waals surface area contributed by atoms with E-state index in [1.165, 1.54) is 4.68 Å². The zero-order valence-electron chi connectivity index (χ0n) is 9.69. The summed E-state index contributed by atoms with van der Waals surface area (Å²) in [6, 6.07) is -0.0808. The van der Waals surface area contributed by atoms with Gasteiger partial charge in [0.1, 0.15) is 4.47 Å². The van der Waals surface area contributed by atoms with Crippen molar-refractivity contribution in [1.29, 1.82) is 0 Å². The van der Waals surface area contributed by atoms with E-state index in [4.69, 9.17) is 5.11 Å². The highest BCUT2D eigenvalue weighted by Crippen LogP contribution is 2.17. The molecule has 1 aromatic rings. The van der Waals surface area contributed by atoms with Crippen LogP contribution in [-0.4, -0.2) is 27.5 Å². The lowest BCUT2D eigenvalue weighted by atomic mass is 10.2. The second-order valence-electron chi connectivity index (χ2n) is 3.58. The van der Waals surface area contributed by atoms with Crippen molar-refractivity contribution in [1.82, 2.24) is 9.78 Å². The molecule has 0 aliphatic rings. The Morgan fingerprint density at radius 2 is 2.47 bits per heavy atom. The monoisotopic (exact) mass is 301 g/mol. The molecule has 0 radical (unpaired) electrons. The van der Waals surface area contributed by atoms with E-state index in [0.29, 0.717) is 16.7 Å². The Morgan fingerprint density at radius 1 is 1.76 bits per heavy atom. The summed E-state index contributed by atoms with van der Waals surface area (Å²) in [4.78, 5) is 11.8. The average molecular weight is 302 g/mol. The van der Waals surface area contributed by atoms with E-state index in [2.05, 4.69) is 32.9 Å². The molecule has 1 aromatic heterocycles. The van der Waals surface area contributed by atoms with E-state index in [-0.39, 0.29) is 18.2 Å². The van der Waals surface area contributed by atoms with Gasteiger partial charge in [-0.05, 0) is 22.4 Å². The molecule has 6 heteroatoms. The number of aromatic nitrogens is 2. The van der Waals surface area contributed by atoms with Gasteiger partial charge in [0.15, 0.2) is 0 Å². The highest BCUT2D eigenvalue weighted by Gasteiger charge is 2.11. The smallest absolute Gasteiger partial charge is 0.283 e. The number of hydrogen-bond donors (Lipinski definition) is 2. The van der Waals surface area contributed by atoms with Crippen LogP contribution in [0.2, 0.25) is 0 Å². The van der Waals surface area contributed by atoms with Crippen molar-refractivity contribution < 1.29 is 5.11 Å². The minimum absolute atomic E-state index is 0.0126. The predicted octanol–water partition coefficient (Wildman–Crippen LogP) is 1.37. The number of aliphatic hydroxyl groups excluding tert-OH is 1. The maximum atomic E-state index is 11.8. The van der Waals surface area contributed by atoms with Crippen molar-refractivity contribution in [3.8, 4) is 0 Å². The number of hydrogen-bond acceptors (Lipinski definition) is 4. The van der Waals surface area contributed by atoms with Crippen LogP contribution >= 0.6 is 15.9 Å². The van der Waals surface area contributed by atoms with Crippen molar-refractivity contribution in [2.45, 2.75) is 25.9 Å². The van der Waals surface area contributed by atoms with E-state index < -0.39 is 0 Å². The normalized spacial score (nSPS) is 12.2. The third kappa shape index (κ3) is 3.41. The lowest BCUT2D eigenvalue weighted by Gasteiger charge is -2.16. The van der Waals surface area contributed by atoms with Gasteiger partial charge in [-0.1, -0.05) is 13.0 Å². The molecule has 0 spiro atoms. The molecule has 0 saturated heterocycles. The van der Waals surface area contributed by atoms with Crippen molar-refractivity contribution in [2.24, 2.45) is 0 Å². The summed E-state index contributed by atoms with van der Waals surface area (Å²) >= 11 is 3.24. The summed E-state index contributed by atoms with van der Waals surface area (Å²) in [6.07, 6.45) is 3.93. The third-order valence-corrected chi connectivity index (χ3v) is 3.13. The Balaban J connectivity index is 3.00. The van der Waals surface area contributed by atoms with Crippen LogP contribution in [0.1, 0.15) is 13.3 Å². The number of nitrogens with zero attached hydrogens (tertiary/aromatic N) is 2. The second-order valence-corrected chi connectivity index (χ2v) is 4.37. The van der Waals surface area contributed by atoms with Crippen LogP contribution in [0.25, 0.3) is 0 Å². The van der Waals surface area contributed by atoms with Gasteiger partial charge in [-0.15, -0.1) is 6.58 Å². The molecule has 0 fully saturated rings. The summed E-state index contributed by atoms with van der Waals surface area (Å²) in [7, 11) is 0. The zero-order chi connectivity index (χ0) is 12.8. The maximum absolute atomic E-state index is 11.8. The average Bonchev–Trinajstić information content (AvgIpc) is 2.34. The number of anilines is 1. The van der Waals surface area contributed by atoms with E-state index in [0.717, 1.165) is 6.42 Å². The van der Waals surface area contributed by atoms with Gasteiger partial charge in [-0.3, -0.25) is 4.79 Å². The molecule has 0 saturated carbocycles. The van der Waals surface area contributed by atoms with Gasteiger partial charge in [0.25, 0.3) is 5.56 Å². The van der Waals surface area contributed by atoms with Crippen LogP contribution in [0.4, 0.5) is 5.69 Å². The Labute approximate surface area is 108 Å². The lowest BCUT2D eigenvalue weighted by Crippen LogP contribution is -2.28. The van der Waals surface area contributed by atoms with Crippen LogP contribution in [0, 0.1) is 0 Å².